The maximum Gasteiger partial charge on any atom is 0.326 e. The quantitative estimate of drug-likeness (QED) is 0.0552. The van der Waals surface area contributed by atoms with Crippen LogP contribution in [0, 0.1) is 5.92 Å². The third kappa shape index (κ3) is 17.7. The Kier molecular flexibility index (Phi) is 20.2. The minimum Gasteiger partial charge on any atom is -0.481 e. The Morgan fingerprint density at radius 3 is 1.53 bits per heavy atom. The summed E-state index contributed by atoms with van der Waals surface area (Å²) in [4.78, 5) is 112. The number of rotatable bonds is 25. The molecule has 1 rings (SSSR count). The van der Waals surface area contributed by atoms with E-state index in [0.29, 0.717) is 5.75 Å². The van der Waals surface area contributed by atoms with Gasteiger partial charge in [0, 0.05) is 12.8 Å². The van der Waals surface area contributed by atoms with E-state index in [4.69, 9.17) is 15.9 Å². The normalized spacial score (nSPS) is 14.3. The highest BCUT2D eigenvalue weighted by Crippen LogP contribution is 2.10. The van der Waals surface area contributed by atoms with Crippen molar-refractivity contribution in [3.05, 3.63) is 35.9 Å². The summed E-state index contributed by atoms with van der Waals surface area (Å²) in [6.07, 6.45) is -1.20. The molecule has 0 bridgehead atoms. The van der Waals surface area contributed by atoms with Crippen molar-refractivity contribution >= 4 is 65.2 Å². The number of aliphatic carboxylic acids is 4. The number of hydrogen-bond donors (Lipinski definition) is 10. The first-order chi connectivity index (χ1) is 24.9. The highest BCUT2D eigenvalue weighted by Gasteiger charge is 2.34. The van der Waals surface area contributed by atoms with Crippen LogP contribution < -0.4 is 32.3 Å². The summed E-state index contributed by atoms with van der Waals surface area (Å²) in [5.74, 6) is -10.8. The van der Waals surface area contributed by atoms with E-state index in [1.54, 1.807) is 50.4 Å². The Balaban J connectivity index is 3.21. The Morgan fingerprint density at radius 1 is 0.623 bits per heavy atom. The molecule has 0 saturated heterocycles. The van der Waals surface area contributed by atoms with Crippen LogP contribution in [0.5, 0.6) is 0 Å². The topological polar surface area (TPSA) is 321 Å². The van der Waals surface area contributed by atoms with Crippen LogP contribution in [0.2, 0.25) is 0 Å². The average Bonchev–Trinajstić information content (AvgIpc) is 3.08. The maximum atomic E-state index is 13.6. The lowest BCUT2D eigenvalue weighted by Gasteiger charge is -2.28. The average molecular weight is 769 g/mol. The predicted octanol–water partition coefficient (Wildman–Crippen LogP) is -1.32. The molecule has 0 saturated carbocycles. The minimum atomic E-state index is -1.89. The number of nitrogens with one attached hydrogen (secondary N) is 5. The summed E-state index contributed by atoms with van der Waals surface area (Å²) in [5, 5.41) is 48.5. The van der Waals surface area contributed by atoms with Crippen molar-refractivity contribution in [2.24, 2.45) is 11.7 Å². The molecule has 0 heterocycles. The van der Waals surface area contributed by atoms with Crippen LogP contribution in [0.15, 0.2) is 30.3 Å². The third-order valence-electron chi connectivity index (χ3n) is 7.68. The number of nitrogens with two attached hydrogens (primary N) is 1. The minimum absolute atomic E-state index is 0.0157. The molecule has 0 aliphatic rings. The first-order valence-corrected chi connectivity index (χ1v) is 17.9. The van der Waals surface area contributed by atoms with Gasteiger partial charge in [-0.1, -0.05) is 44.2 Å². The van der Waals surface area contributed by atoms with Gasteiger partial charge in [0.15, 0.2) is 0 Å². The second-order valence-corrected chi connectivity index (χ2v) is 13.3. The van der Waals surface area contributed by atoms with Crippen molar-refractivity contribution in [2.75, 3.05) is 12.0 Å². The van der Waals surface area contributed by atoms with E-state index >= 15 is 0 Å². The summed E-state index contributed by atoms with van der Waals surface area (Å²) in [6, 6.07) is 0.0745. The van der Waals surface area contributed by atoms with E-state index in [9.17, 15) is 53.4 Å². The fraction of sp³-hybridized carbons (Fsp3) is 0.545. The van der Waals surface area contributed by atoms with E-state index in [0.717, 1.165) is 5.56 Å². The molecule has 5 amide bonds. The van der Waals surface area contributed by atoms with Gasteiger partial charge in [-0.15, -0.1) is 0 Å². The van der Waals surface area contributed by atoms with Crippen molar-refractivity contribution < 1.29 is 63.6 Å². The fourth-order valence-corrected chi connectivity index (χ4v) is 5.26. The third-order valence-corrected chi connectivity index (χ3v) is 8.32. The van der Waals surface area contributed by atoms with Gasteiger partial charge in [-0.2, -0.15) is 11.8 Å². The summed E-state index contributed by atoms with van der Waals surface area (Å²) < 4.78 is 0. The van der Waals surface area contributed by atoms with Gasteiger partial charge >= 0.3 is 23.9 Å². The maximum absolute atomic E-state index is 13.6. The standard InChI is InChI=1S/C33H48N6O13S/c1-17(2)27(39-31(49)21(10-12-25(42)43)35-28(46)19(34)15-18-7-5-4-6-8-18)32(50)37-22(13-14-53-3)30(48)36-20(9-11-24(40)41)29(47)38-23(33(51)52)16-26(44)45/h4-8,17,19-23,27H,9-16,34H2,1-3H3,(H,35,46)(H,36,48)(H,37,50)(H,38,47)(H,39,49)(H,40,41)(H,42,43)(H,44,45)(H,51,52)/t19-,20-,21-,22-,23-,27-/m0/s1. The lowest BCUT2D eigenvalue weighted by molar-refractivity contribution is -0.147. The molecule has 53 heavy (non-hydrogen) atoms. The van der Waals surface area contributed by atoms with E-state index < -0.39 is 121 Å². The van der Waals surface area contributed by atoms with Crippen LogP contribution in [0.3, 0.4) is 0 Å². The van der Waals surface area contributed by atoms with E-state index in [1.165, 1.54) is 11.8 Å². The second kappa shape index (κ2) is 23.3. The van der Waals surface area contributed by atoms with E-state index in [2.05, 4.69) is 21.3 Å². The van der Waals surface area contributed by atoms with Crippen LogP contribution in [0.4, 0.5) is 0 Å². The van der Waals surface area contributed by atoms with Gasteiger partial charge in [-0.25, -0.2) is 4.79 Å². The lowest BCUT2D eigenvalue weighted by Crippen LogP contribution is -2.60. The van der Waals surface area contributed by atoms with Crippen LogP contribution >= 0.6 is 11.8 Å². The molecule has 0 aliphatic carbocycles. The SMILES string of the molecule is CSCC[C@H](NC(=O)[C@@H](NC(=O)[C@H](CCC(=O)O)NC(=O)[C@@H](N)Cc1ccccc1)C(C)C)C(=O)N[C@@H](CCC(=O)O)C(=O)N[C@@H](CC(=O)O)C(=O)O. The number of carbonyl (C=O) groups excluding carboxylic acids is 5. The molecular formula is C33H48N6O13S. The van der Waals surface area contributed by atoms with Crippen molar-refractivity contribution in [3.8, 4) is 0 Å². The molecule has 20 heteroatoms. The zero-order chi connectivity index (χ0) is 40.2. The summed E-state index contributed by atoms with van der Waals surface area (Å²) >= 11 is 1.30. The van der Waals surface area contributed by atoms with Gasteiger partial charge in [0.1, 0.15) is 30.2 Å². The molecule has 19 nitrogen and oxygen atoms in total. The monoisotopic (exact) mass is 768 g/mol. The molecule has 0 fully saturated rings. The van der Waals surface area contributed by atoms with Crippen molar-refractivity contribution in [1.82, 2.24) is 26.6 Å². The Bertz CT molecular complexity index is 1460. The first kappa shape index (κ1) is 45.8. The van der Waals surface area contributed by atoms with Crippen LogP contribution in [0.1, 0.15) is 57.9 Å². The first-order valence-electron chi connectivity index (χ1n) is 16.5. The number of benzene rings is 1. The number of thioether (sulfide) groups is 1. The predicted molar refractivity (Wildman–Crippen MR) is 189 cm³/mol. The number of carboxylic acid groups (broad SMARTS) is 4. The smallest absolute Gasteiger partial charge is 0.326 e. The van der Waals surface area contributed by atoms with E-state index in [-0.39, 0.29) is 19.3 Å². The van der Waals surface area contributed by atoms with Crippen molar-refractivity contribution in [3.63, 3.8) is 0 Å². The fourth-order valence-electron chi connectivity index (χ4n) is 4.79. The van der Waals surface area contributed by atoms with Crippen molar-refractivity contribution in [1.29, 1.82) is 0 Å². The highest BCUT2D eigenvalue weighted by molar-refractivity contribution is 7.98. The summed E-state index contributed by atoms with van der Waals surface area (Å²) in [6.45, 7) is 3.15. The van der Waals surface area contributed by atoms with Crippen LogP contribution in [0.25, 0.3) is 0 Å². The molecule has 6 atom stereocenters. The van der Waals surface area contributed by atoms with Gasteiger partial charge in [0.05, 0.1) is 12.5 Å². The number of hydrogen-bond acceptors (Lipinski definition) is 11. The lowest BCUT2D eigenvalue weighted by atomic mass is 10.0. The second-order valence-electron chi connectivity index (χ2n) is 12.4. The van der Waals surface area contributed by atoms with Crippen molar-refractivity contribution in [2.45, 2.75) is 95.0 Å². The molecule has 294 valence electrons. The summed E-state index contributed by atoms with van der Waals surface area (Å²) in [7, 11) is 0. The molecule has 0 aromatic heterocycles. The van der Waals surface area contributed by atoms with Gasteiger partial charge in [0.2, 0.25) is 29.5 Å². The Morgan fingerprint density at radius 2 is 1.08 bits per heavy atom. The summed E-state index contributed by atoms with van der Waals surface area (Å²) in [5.41, 5.74) is 6.79. The highest BCUT2D eigenvalue weighted by atomic mass is 32.2. The molecule has 0 spiro atoms. The molecule has 1 aromatic rings. The molecule has 11 N–H and O–H groups in total. The largest absolute Gasteiger partial charge is 0.481 e. The number of carboxylic acids is 4. The van der Waals surface area contributed by atoms with Gasteiger partial charge < -0.3 is 52.7 Å². The molecule has 0 unspecified atom stereocenters. The zero-order valence-electron chi connectivity index (χ0n) is 29.5. The molecule has 0 radical (unpaired) electrons. The molecule has 1 aromatic carbocycles. The van der Waals surface area contributed by atoms with Gasteiger partial charge in [-0.05, 0) is 49.2 Å². The Hall–Kier alpha value is -5.24. The number of carbonyl (C=O) groups is 9. The van der Waals surface area contributed by atoms with Crippen LogP contribution in [-0.2, 0) is 49.6 Å². The molecule has 0 aliphatic heterocycles. The van der Waals surface area contributed by atoms with Gasteiger partial charge in [-0.3, -0.25) is 38.4 Å². The Labute approximate surface area is 309 Å². The number of amides is 5. The van der Waals surface area contributed by atoms with E-state index in [1.807, 2.05) is 5.32 Å². The van der Waals surface area contributed by atoms with Gasteiger partial charge in [0.25, 0.3) is 0 Å². The zero-order valence-corrected chi connectivity index (χ0v) is 30.4. The van der Waals surface area contributed by atoms with Crippen LogP contribution in [-0.4, -0.2) is 122 Å². The molecular weight excluding hydrogens is 720 g/mol.